The summed E-state index contributed by atoms with van der Waals surface area (Å²) in [6, 6.07) is 1.81. The molecule has 0 aromatic carbocycles. The fourth-order valence-electron chi connectivity index (χ4n) is 1.90. The van der Waals surface area contributed by atoms with Crippen molar-refractivity contribution in [3.63, 3.8) is 0 Å². The summed E-state index contributed by atoms with van der Waals surface area (Å²) in [7, 11) is 0. The molecular formula is C11H12INO4S. The summed E-state index contributed by atoms with van der Waals surface area (Å²) in [5.74, 6) is -1.30. The van der Waals surface area contributed by atoms with Gasteiger partial charge in [-0.1, -0.05) is 0 Å². The normalized spacial score (nSPS) is 18.7. The SMILES string of the molecule is O=C(c1csc(I)c1)N1CCC(O)(C(=O)O)CC1. The average molecular weight is 381 g/mol. The third-order valence-corrected chi connectivity index (χ3v) is 4.88. The highest BCUT2D eigenvalue weighted by molar-refractivity contribution is 14.1. The molecule has 0 aliphatic carbocycles. The van der Waals surface area contributed by atoms with E-state index in [2.05, 4.69) is 22.6 Å². The minimum Gasteiger partial charge on any atom is -0.479 e. The van der Waals surface area contributed by atoms with E-state index in [1.54, 1.807) is 10.3 Å². The van der Waals surface area contributed by atoms with Crippen LogP contribution in [-0.2, 0) is 4.79 Å². The first-order chi connectivity index (χ1) is 8.42. The van der Waals surface area contributed by atoms with E-state index in [1.807, 2.05) is 6.07 Å². The summed E-state index contributed by atoms with van der Waals surface area (Å²) in [5, 5.41) is 20.5. The summed E-state index contributed by atoms with van der Waals surface area (Å²) in [6.45, 7) is 0.544. The highest BCUT2D eigenvalue weighted by Crippen LogP contribution is 2.25. The molecule has 0 saturated carbocycles. The molecule has 1 fully saturated rings. The van der Waals surface area contributed by atoms with Crippen LogP contribution in [0.15, 0.2) is 11.4 Å². The Hall–Kier alpha value is -0.670. The molecule has 2 rings (SSSR count). The zero-order valence-corrected chi connectivity index (χ0v) is 12.4. The van der Waals surface area contributed by atoms with Crippen LogP contribution in [0.5, 0.6) is 0 Å². The van der Waals surface area contributed by atoms with Crippen LogP contribution >= 0.6 is 33.9 Å². The van der Waals surface area contributed by atoms with E-state index in [4.69, 9.17) is 5.11 Å². The molecule has 0 atom stereocenters. The van der Waals surface area contributed by atoms with Crippen LogP contribution in [0.1, 0.15) is 23.2 Å². The van der Waals surface area contributed by atoms with Crippen LogP contribution in [0.25, 0.3) is 0 Å². The number of nitrogens with zero attached hydrogens (tertiary/aromatic N) is 1. The van der Waals surface area contributed by atoms with Crippen molar-refractivity contribution in [3.8, 4) is 0 Å². The topological polar surface area (TPSA) is 77.8 Å². The zero-order chi connectivity index (χ0) is 13.3. The number of rotatable bonds is 2. The molecule has 1 aromatic rings. The van der Waals surface area contributed by atoms with E-state index >= 15 is 0 Å². The second-order valence-corrected chi connectivity index (χ2v) is 7.07. The third-order valence-electron chi connectivity index (χ3n) is 3.09. The fraction of sp³-hybridized carbons (Fsp3) is 0.455. The Morgan fingerprint density at radius 2 is 2.00 bits per heavy atom. The number of carboxylic acids is 1. The Bertz CT molecular complexity index is 479. The van der Waals surface area contributed by atoms with Crippen LogP contribution in [0.2, 0.25) is 0 Å². The van der Waals surface area contributed by atoms with Gasteiger partial charge in [-0.15, -0.1) is 11.3 Å². The summed E-state index contributed by atoms with van der Waals surface area (Å²) in [6.07, 6.45) is 0.157. The molecule has 0 radical (unpaired) electrons. The highest BCUT2D eigenvalue weighted by atomic mass is 127. The second-order valence-electron chi connectivity index (χ2n) is 4.27. The Balaban J connectivity index is 2.02. The summed E-state index contributed by atoms with van der Waals surface area (Å²) < 4.78 is 1.04. The molecule has 0 bridgehead atoms. The molecule has 1 aliphatic rings. The first-order valence-corrected chi connectivity index (χ1v) is 7.37. The van der Waals surface area contributed by atoms with Crippen molar-refractivity contribution >= 4 is 45.8 Å². The van der Waals surface area contributed by atoms with Gasteiger partial charge in [-0.2, -0.15) is 0 Å². The smallest absolute Gasteiger partial charge is 0.335 e. The minimum absolute atomic E-state index is 0.0787. The molecule has 0 unspecified atom stereocenters. The molecule has 1 aromatic heterocycles. The second kappa shape index (κ2) is 5.14. The summed E-state index contributed by atoms with van der Waals surface area (Å²) in [4.78, 5) is 24.6. The summed E-state index contributed by atoms with van der Waals surface area (Å²) >= 11 is 3.65. The molecule has 18 heavy (non-hydrogen) atoms. The molecule has 0 spiro atoms. The van der Waals surface area contributed by atoms with Crippen molar-refractivity contribution in [3.05, 3.63) is 19.9 Å². The lowest BCUT2D eigenvalue weighted by Gasteiger charge is -2.35. The number of hydrogen-bond acceptors (Lipinski definition) is 4. The molecule has 2 heterocycles. The van der Waals surface area contributed by atoms with Crippen LogP contribution in [0, 0.1) is 2.88 Å². The van der Waals surface area contributed by atoms with E-state index in [9.17, 15) is 14.7 Å². The number of amides is 1. The van der Waals surface area contributed by atoms with Gasteiger partial charge in [0, 0.05) is 31.3 Å². The number of carbonyl (C=O) groups excluding carboxylic acids is 1. The predicted molar refractivity (Wildman–Crippen MR) is 74.8 cm³/mol. The van der Waals surface area contributed by atoms with Crippen LogP contribution in [0.4, 0.5) is 0 Å². The predicted octanol–water partition coefficient (Wildman–Crippen LogP) is 1.40. The maximum Gasteiger partial charge on any atom is 0.335 e. The maximum absolute atomic E-state index is 12.1. The number of piperidine rings is 1. The molecule has 7 heteroatoms. The number of halogens is 1. The van der Waals surface area contributed by atoms with Crippen molar-refractivity contribution < 1.29 is 19.8 Å². The van der Waals surface area contributed by atoms with E-state index in [-0.39, 0.29) is 31.8 Å². The van der Waals surface area contributed by atoms with Gasteiger partial charge in [0.05, 0.1) is 8.45 Å². The van der Waals surface area contributed by atoms with E-state index in [0.717, 1.165) is 2.88 Å². The quantitative estimate of drug-likeness (QED) is 0.760. The van der Waals surface area contributed by atoms with E-state index in [0.29, 0.717) is 5.56 Å². The van der Waals surface area contributed by atoms with Crippen molar-refractivity contribution in [2.75, 3.05) is 13.1 Å². The lowest BCUT2D eigenvalue weighted by atomic mass is 9.91. The van der Waals surface area contributed by atoms with E-state index in [1.165, 1.54) is 11.3 Å². The Morgan fingerprint density at radius 1 is 1.39 bits per heavy atom. The Labute approximate surface area is 122 Å². The molecular weight excluding hydrogens is 369 g/mol. The minimum atomic E-state index is -1.68. The lowest BCUT2D eigenvalue weighted by Crippen LogP contribution is -2.50. The number of likely N-dealkylation sites (tertiary alicyclic amines) is 1. The number of carbonyl (C=O) groups is 2. The van der Waals surface area contributed by atoms with Gasteiger partial charge in [0.2, 0.25) is 0 Å². The fourth-order valence-corrected chi connectivity index (χ4v) is 3.22. The summed E-state index contributed by atoms with van der Waals surface area (Å²) in [5.41, 5.74) is -1.05. The van der Waals surface area contributed by atoms with Gasteiger partial charge < -0.3 is 15.1 Å². The van der Waals surface area contributed by atoms with E-state index < -0.39 is 11.6 Å². The number of carboxylic acid groups (broad SMARTS) is 1. The van der Waals surface area contributed by atoms with Gasteiger partial charge in [-0.3, -0.25) is 4.79 Å². The maximum atomic E-state index is 12.1. The Kier molecular flexibility index (Phi) is 3.93. The molecule has 1 saturated heterocycles. The molecule has 1 aliphatic heterocycles. The molecule has 1 amide bonds. The molecule has 5 nitrogen and oxygen atoms in total. The van der Waals surface area contributed by atoms with Gasteiger partial charge in [0.1, 0.15) is 0 Å². The van der Waals surface area contributed by atoms with Gasteiger partial charge >= 0.3 is 5.97 Å². The first kappa shape index (κ1) is 13.8. The average Bonchev–Trinajstić information content (AvgIpc) is 2.76. The number of aliphatic hydroxyl groups is 1. The Morgan fingerprint density at radius 3 is 2.44 bits per heavy atom. The third kappa shape index (κ3) is 2.67. The van der Waals surface area contributed by atoms with Crippen molar-refractivity contribution in [1.82, 2.24) is 4.90 Å². The van der Waals surface area contributed by atoms with Crippen molar-refractivity contribution in [1.29, 1.82) is 0 Å². The highest BCUT2D eigenvalue weighted by Gasteiger charge is 2.40. The van der Waals surface area contributed by atoms with Crippen LogP contribution < -0.4 is 0 Å². The largest absolute Gasteiger partial charge is 0.479 e. The van der Waals surface area contributed by atoms with Crippen LogP contribution in [0.3, 0.4) is 0 Å². The number of aliphatic carboxylic acids is 1. The van der Waals surface area contributed by atoms with Crippen molar-refractivity contribution in [2.24, 2.45) is 0 Å². The first-order valence-electron chi connectivity index (χ1n) is 5.41. The number of hydrogen-bond donors (Lipinski definition) is 2. The molecule has 2 N–H and O–H groups in total. The zero-order valence-electron chi connectivity index (χ0n) is 9.43. The standard InChI is InChI=1S/C11H12INO4S/c12-8-5-7(6-18-8)9(14)13-3-1-11(17,2-4-13)10(15)16/h5-6,17H,1-4H2,(H,15,16). The monoisotopic (exact) mass is 381 g/mol. The molecule has 98 valence electrons. The lowest BCUT2D eigenvalue weighted by molar-refractivity contribution is -0.162. The van der Waals surface area contributed by atoms with Gasteiger partial charge in [0.15, 0.2) is 5.60 Å². The van der Waals surface area contributed by atoms with Gasteiger partial charge in [-0.05, 0) is 28.7 Å². The van der Waals surface area contributed by atoms with Gasteiger partial charge in [0.25, 0.3) is 5.91 Å². The van der Waals surface area contributed by atoms with Crippen molar-refractivity contribution in [2.45, 2.75) is 18.4 Å². The van der Waals surface area contributed by atoms with Gasteiger partial charge in [-0.25, -0.2) is 4.79 Å². The van der Waals surface area contributed by atoms with Crippen LogP contribution in [-0.4, -0.2) is 45.7 Å². The number of thiophene rings is 1.